The lowest BCUT2D eigenvalue weighted by atomic mass is 10.0. The topological polar surface area (TPSA) is 58.2 Å². The van der Waals surface area contributed by atoms with Crippen LogP contribution in [0.1, 0.15) is 40.8 Å². The zero-order chi connectivity index (χ0) is 20.3. The second-order valence-electron chi connectivity index (χ2n) is 7.20. The van der Waals surface area contributed by atoms with Gasteiger partial charge < -0.3 is 10.6 Å². The summed E-state index contributed by atoms with van der Waals surface area (Å²) in [6.07, 6.45) is 0.247. The molecule has 2 amide bonds. The molecule has 0 spiro atoms. The van der Waals surface area contributed by atoms with Gasteiger partial charge in [-0.25, -0.2) is 0 Å². The second kappa shape index (κ2) is 8.57. The molecule has 146 valence electrons. The van der Waals surface area contributed by atoms with Crippen molar-refractivity contribution in [2.24, 2.45) is 0 Å². The van der Waals surface area contributed by atoms with Crippen molar-refractivity contribution >= 4 is 33.9 Å². The minimum Gasteiger partial charge on any atom is -0.348 e. The molecule has 28 heavy (non-hydrogen) atoms. The molecule has 3 aromatic rings. The van der Waals surface area contributed by atoms with Crippen molar-refractivity contribution in [2.75, 3.05) is 0 Å². The molecule has 0 saturated carbocycles. The summed E-state index contributed by atoms with van der Waals surface area (Å²) >= 11 is 1.72. The molecule has 0 saturated heterocycles. The Balaban J connectivity index is 1.60. The van der Waals surface area contributed by atoms with Crippen LogP contribution in [0.2, 0.25) is 0 Å². The van der Waals surface area contributed by atoms with E-state index in [0.717, 1.165) is 21.9 Å². The van der Waals surface area contributed by atoms with E-state index in [1.807, 2.05) is 49.4 Å². The Hall–Kier alpha value is -2.66. The van der Waals surface area contributed by atoms with Gasteiger partial charge in [0.2, 0.25) is 11.8 Å². The van der Waals surface area contributed by atoms with Gasteiger partial charge in [-0.15, -0.1) is 11.3 Å². The molecule has 4 nitrogen and oxygen atoms in total. The van der Waals surface area contributed by atoms with Crippen molar-refractivity contribution in [3.8, 4) is 0 Å². The van der Waals surface area contributed by atoms with Gasteiger partial charge >= 0.3 is 0 Å². The van der Waals surface area contributed by atoms with Gasteiger partial charge in [-0.2, -0.15) is 0 Å². The second-order valence-corrected chi connectivity index (χ2v) is 8.66. The summed E-state index contributed by atoms with van der Waals surface area (Å²) in [5, 5.41) is 7.99. The Bertz CT molecular complexity index is 1000. The summed E-state index contributed by atoms with van der Waals surface area (Å²) in [4.78, 5) is 27.5. The van der Waals surface area contributed by atoms with Crippen LogP contribution < -0.4 is 10.6 Å². The van der Waals surface area contributed by atoms with Crippen LogP contribution in [0.5, 0.6) is 0 Å². The van der Waals surface area contributed by atoms with Gasteiger partial charge in [0.15, 0.2) is 0 Å². The molecule has 2 atom stereocenters. The summed E-state index contributed by atoms with van der Waals surface area (Å²) in [7, 11) is 0. The van der Waals surface area contributed by atoms with E-state index >= 15 is 0 Å². The van der Waals surface area contributed by atoms with Crippen molar-refractivity contribution in [2.45, 2.75) is 46.2 Å². The normalized spacial score (nSPS) is 13.1. The van der Waals surface area contributed by atoms with Crippen LogP contribution in [0.15, 0.2) is 48.5 Å². The van der Waals surface area contributed by atoms with Crippen LogP contribution in [0.3, 0.4) is 0 Å². The molecule has 2 N–H and O–H groups in total. The third-order valence-electron chi connectivity index (χ3n) is 4.91. The number of hydrogen-bond acceptors (Lipinski definition) is 3. The van der Waals surface area contributed by atoms with Crippen LogP contribution in [0, 0.1) is 13.8 Å². The predicted molar refractivity (Wildman–Crippen MR) is 116 cm³/mol. The van der Waals surface area contributed by atoms with Crippen molar-refractivity contribution in [3.05, 3.63) is 69.4 Å². The maximum absolute atomic E-state index is 12.5. The largest absolute Gasteiger partial charge is 0.348 e. The Morgan fingerprint density at radius 3 is 2.43 bits per heavy atom. The van der Waals surface area contributed by atoms with Crippen LogP contribution in [-0.4, -0.2) is 17.9 Å². The summed E-state index contributed by atoms with van der Waals surface area (Å²) in [5.74, 6) is -0.337. The fraction of sp³-hybridized carbons (Fsp3) is 0.304. The Morgan fingerprint density at radius 1 is 1.00 bits per heavy atom. The Labute approximate surface area is 170 Å². The lowest BCUT2D eigenvalue weighted by Gasteiger charge is -2.19. The average Bonchev–Trinajstić information content (AvgIpc) is 3.00. The summed E-state index contributed by atoms with van der Waals surface area (Å²) in [5.41, 5.74) is 2.09. The lowest BCUT2D eigenvalue weighted by molar-refractivity contribution is -0.128. The molecule has 0 unspecified atom stereocenters. The van der Waals surface area contributed by atoms with Gasteiger partial charge in [0.05, 0.1) is 12.5 Å². The van der Waals surface area contributed by atoms with E-state index in [9.17, 15) is 9.59 Å². The quantitative estimate of drug-likeness (QED) is 0.649. The van der Waals surface area contributed by atoms with Gasteiger partial charge in [0.1, 0.15) is 6.04 Å². The Morgan fingerprint density at radius 2 is 1.71 bits per heavy atom. The zero-order valence-corrected chi connectivity index (χ0v) is 17.5. The first-order chi connectivity index (χ1) is 13.3. The molecule has 1 heterocycles. The average molecular weight is 395 g/mol. The number of aryl methyl sites for hydroxylation is 2. The van der Waals surface area contributed by atoms with E-state index in [2.05, 4.69) is 30.5 Å². The lowest BCUT2D eigenvalue weighted by Crippen LogP contribution is -2.46. The molecule has 0 aliphatic rings. The minimum absolute atomic E-state index is 0.0881. The van der Waals surface area contributed by atoms with E-state index in [1.54, 1.807) is 18.3 Å². The SMILES string of the molecule is Cc1cc([C@H](C)NC(=O)[C@@H](C)NC(=O)Cc2cccc3ccccc23)c(C)s1. The summed E-state index contributed by atoms with van der Waals surface area (Å²) in [6.45, 7) is 7.81. The number of carbonyl (C=O) groups excluding carboxylic acids is 2. The van der Waals surface area contributed by atoms with Crippen LogP contribution in [0.25, 0.3) is 10.8 Å². The predicted octanol–water partition coefficient (Wildman–Crippen LogP) is 4.44. The number of carbonyl (C=O) groups is 2. The first-order valence-electron chi connectivity index (χ1n) is 9.48. The molecular formula is C23H26N2O2S. The maximum atomic E-state index is 12.5. The van der Waals surface area contributed by atoms with E-state index in [1.165, 1.54) is 9.75 Å². The van der Waals surface area contributed by atoms with E-state index in [0.29, 0.717) is 0 Å². The van der Waals surface area contributed by atoms with Crippen molar-refractivity contribution in [3.63, 3.8) is 0 Å². The van der Waals surface area contributed by atoms with Gasteiger partial charge in [-0.3, -0.25) is 9.59 Å². The minimum atomic E-state index is -0.593. The highest BCUT2D eigenvalue weighted by Crippen LogP contribution is 2.26. The maximum Gasteiger partial charge on any atom is 0.242 e. The molecule has 0 aliphatic carbocycles. The number of fused-ring (bicyclic) bond motifs is 1. The molecule has 3 rings (SSSR count). The molecule has 0 fully saturated rings. The van der Waals surface area contributed by atoms with Gasteiger partial charge in [0.25, 0.3) is 0 Å². The summed E-state index contributed by atoms with van der Waals surface area (Å²) < 4.78 is 0. The molecular weight excluding hydrogens is 368 g/mol. The molecule has 2 aromatic carbocycles. The van der Waals surface area contributed by atoms with Crippen LogP contribution in [-0.2, 0) is 16.0 Å². The molecule has 1 aromatic heterocycles. The highest BCUT2D eigenvalue weighted by molar-refractivity contribution is 7.12. The molecule has 0 bridgehead atoms. The van der Waals surface area contributed by atoms with Crippen molar-refractivity contribution in [1.29, 1.82) is 0 Å². The highest BCUT2D eigenvalue weighted by Gasteiger charge is 2.20. The number of thiophene rings is 1. The molecule has 5 heteroatoms. The number of benzene rings is 2. The van der Waals surface area contributed by atoms with Crippen LogP contribution >= 0.6 is 11.3 Å². The monoisotopic (exact) mass is 394 g/mol. The van der Waals surface area contributed by atoms with Crippen molar-refractivity contribution in [1.82, 2.24) is 10.6 Å². The summed E-state index contributed by atoms with van der Waals surface area (Å²) in [6, 6.07) is 15.4. The number of amides is 2. The standard InChI is InChI=1S/C23H26N2O2S/c1-14-12-21(17(4)28-14)15(2)25-23(27)16(3)24-22(26)13-19-10-7-9-18-8-5-6-11-20(18)19/h5-12,15-16H,13H2,1-4H3,(H,24,26)(H,25,27)/t15-,16+/m0/s1. The van der Waals surface area contributed by atoms with Gasteiger partial charge in [0, 0.05) is 9.75 Å². The number of nitrogens with one attached hydrogen (secondary N) is 2. The van der Waals surface area contributed by atoms with Crippen molar-refractivity contribution < 1.29 is 9.59 Å². The van der Waals surface area contributed by atoms with E-state index < -0.39 is 6.04 Å². The zero-order valence-electron chi connectivity index (χ0n) is 16.7. The highest BCUT2D eigenvalue weighted by atomic mass is 32.1. The van der Waals surface area contributed by atoms with E-state index in [4.69, 9.17) is 0 Å². The first kappa shape index (κ1) is 20.1. The number of rotatable bonds is 6. The van der Waals surface area contributed by atoms with E-state index in [-0.39, 0.29) is 24.3 Å². The number of hydrogen-bond donors (Lipinski definition) is 2. The fourth-order valence-corrected chi connectivity index (χ4v) is 4.50. The third kappa shape index (κ3) is 4.60. The Kier molecular flexibility index (Phi) is 6.15. The molecule has 0 aliphatic heterocycles. The smallest absolute Gasteiger partial charge is 0.242 e. The van der Waals surface area contributed by atoms with Crippen LogP contribution in [0.4, 0.5) is 0 Å². The fourth-order valence-electron chi connectivity index (χ4n) is 3.47. The van der Waals surface area contributed by atoms with Gasteiger partial charge in [-0.1, -0.05) is 42.5 Å². The third-order valence-corrected chi connectivity index (χ3v) is 5.89. The van der Waals surface area contributed by atoms with Gasteiger partial charge in [-0.05, 0) is 55.7 Å². The first-order valence-corrected chi connectivity index (χ1v) is 10.3. The molecule has 0 radical (unpaired) electrons.